The highest BCUT2D eigenvalue weighted by atomic mass is 15.5. The molecule has 0 saturated heterocycles. The van der Waals surface area contributed by atoms with Crippen molar-refractivity contribution in [2.45, 2.75) is 48.5 Å². The number of hydrogen-bond acceptors (Lipinski definition) is 4. The summed E-state index contributed by atoms with van der Waals surface area (Å²) >= 11 is 0. The van der Waals surface area contributed by atoms with Crippen LogP contribution < -0.4 is 19.6 Å². The molecule has 2 aliphatic heterocycles. The predicted molar refractivity (Wildman–Crippen MR) is 287 cm³/mol. The first kappa shape index (κ1) is 45.5. The maximum atomic E-state index is 2.47. The normalized spacial score (nSPS) is 12.2. The molecule has 67 heavy (non-hydrogen) atoms. The Bertz CT molecular complexity index is 2680. The molecule has 2 heterocycles. The molecule has 4 nitrogen and oxygen atoms in total. The Balaban J connectivity index is 0.000000236. The van der Waals surface area contributed by atoms with Crippen molar-refractivity contribution >= 4 is 45.5 Å². The van der Waals surface area contributed by atoms with E-state index in [1.165, 1.54) is 38.9 Å². The van der Waals surface area contributed by atoms with Crippen molar-refractivity contribution in [3.8, 4) is 0 Å². The number of anilines is 8. The Morgan fingerprint density at radius 1 is 0.179 bits per heavy atom. The second kappa shape index (κ2) is 21.3. The molecular formula is C63H60N4. The number of fused-ring (bicyclic) bond motifs is 2. The third-order valence-electron chi connectivity index (χ3n) is 12.0. The minimum absolute atomic E-state index is 1.08. The molecule has 0 amide bonds. The second-order valence-corrected chi connectivity index (χ2v) is 17.1. The summed E-state index contributed by atoms with van der Waals surface area (Å²) in [6.45, 7) is 15.1. The molecule has 0 aliphatic carbocycles. The van der Waals surface area contributed by atoms with Crippen molar-refractivity contribution in [1.29, 1.82) is 0 Å². The lowest BCUT2D eigenvalue weighted by molar-refractivity contribution is 0.997. The van der Waals surface area contributed by atoms with E-state index in [-0.39, 0.29) is 0 Å². The molecule has 4 heteroatoms. The van der Waals surface area contributed by atoms with Gasteiger partial charge in [-0.3, -0.25) is 19.6 Å². The van der Waals surface area contributed by atoms with Gasteiger partial charge in [-0.15, -0.1) is 0 Å². The number of aryl methyl sites for hydroxylation is 7. The van der Waals surface area contributed by atoms with E-state index >= 15 is 0 Å². The molecule has 9 aromatic rings. The Morgan fingerprint density at radius 3 is 0.507 bits per heavy atom. The van der Waals surface area contributed by atoms with Gasteiger partial charge in [0, 0.05) is 0 Å². The van der Waals surface area contributed by atoms with Crippen molar-refractivity contribution in [2.75, 3.05) is 19.6 Å². The van der Waals surface area contributed by atoms with Gasteiger partial charge in [-0.2, -0.15) is 0 Å². The van der Waals surface area contributed by atoms with Crippen LogP contribution in [0.1, 0.15) is 38.9 Å². The van der Waals surface area contributed by atoms with Crippen molar-refractivity contribution in [3.63, 3.8) is 0 Å². The summed E-state index contributed by atoms with van der Waals surface area (Å²) in [5.74, 6) is 2.15. The van der Waals surface area contributed by atoms with Crippen molar-refractivity contribution < 1.29 is 0 Å². The van der Waals surface area contributed by atoms with E-state index in [9.17, 15) is 0 Å². The van der Waals surface area contributed by atoms with Crippen LogP contribution in [0.5, 0.6) is 0 Å². The zero-order chi connectivity index (χ0) is 46.7. The van der Waals surface area contributed by atoms with E-state index < -0.39 is 0 Å². The molecule has 0 fully saturated rings. The van der Waals surface area contributed by atoms with Crippen LogP contribution in [0.2, 0.25) is 0 Å². The van der Waals surface area contributed by atoms with E-state index in [4.69, 9.17) is 0 Å². The fourth-order valence-electron chi connectivity index (χ4n) is 8.58. The molecule has 0 spiro atoms. The quantitative estimate of drug-likeness (QED) is 0.175. The molecule has 0 unspecified atom stereocenters. The molecule has 11 rings (SSSR count). The minimum atomic E-state index is 1.08. The number of para-hydroxylation sites is 8. The SMILES string of the molecule is Cc1ccccc1.Cc1ccccc1.Cc1ccccc1.Cc1ccccc1N1C(=C2N(c3ccccc3C)c3ccccc3N2c2ccccc2C)N(c2ccccc2C)c2ccccc21. The van der Waals surface area contributed by atoms with Gasteiger partial charge in [0.1, 0.15) is 0 Å². The van der Waals surface area contributed by atoms with Crippen LogP contribution in [0, 0.1) is 48.5 Å². The van der Waals surface area contributed by atoms with Crippen molar-refractivity contribution in [3.05, 3.63) is 287 Å². The summed E-state index contributed by atoms with van der Waals surface area (Å²) in [6, 6.07) is 83.2. The molecule has 0 aromatic heterocycles. The zero-order valence-corrected chi connectivity index (χ0v) is 39.8. The molecule has 0 N–H and O–H groups in total. The summed E-state index contributed by atoms with van der Waals surface area (Å²) in [4.78, 5) is 9.87. The highest BCUT2D eigenvalue weighted by Gasteiger charge is 2.45. The van der Waals surface area contributed by atoms with E-state index in [0.717, 1.165) is 57.1 Å². The summed E-state index contributed by atoms with van der Waals surface area (Å²) in [5, 5.41) is 0. The molecule has 2 aliphatic rings. The van der Waals surface area contributed by atoms with Crippen molar-refractivity contribution in [2.24, 2.45) is 0 Å². The van der Waals surface area contributed by atoms with E-state index in [0.29, 0.717) is 0 Å². The Labute approximate surface area is 399 Å². The first-order valence-electron chi connectivity index (χ1n) is 23.1. The monoisotopic (exact) mass is 872 g/mol. The Hall–Kier alpha value is -8.08. The summed E-state index contributed by atoms with van der Waals surface area (Å²) in [6.07, 6.45) is 0. The fourth-order valence-corrected chi connectivity index (χ4v) is 8.58. The van der Waals surface area contributed by atoms with Gasteiger partial charge in [-0.1, -0.05) is 205 Å². The average Bonchev–Trinajstić information content (AvgIpc) is 3.86. The van der Waals surface area contributed by atoms with Gasteiger partial charge in [0.05, 0.1) is 45.5 Å². The highest BCUT2D eigenvalue weighted by Crippen LogP contribution is 2.58. The van der Waals surface area contributed by atoms with Gasteiger partial charge in [-0.05, 0) is 119 Å². The number of hydrogen-bond donors (Lipinski definition) is 0. The lowest BCUT2D eigenvalue weighted by Crippen LogP contribution is -2.34. The fraction of sp³-hybridized carbons (Fsp3) is 0.111. The minimum Gasteiger partial charge on any atom is -0.291 e. The van der Waals surface area contributed by atoms with E-state index in [1.54, 1.807) is 0 Å². The molecule has 0 radical (unpaired) electrons. The standard InChI is InChI=1S/C42H36N4.3C7H8/c1-29-17-5-9-21-33(29)43-37-25-13-14-26-38(37)44(34-22-10-6-18-30(34)2)41(43)42-45(35-23-11-7-19-31(35)3)39-27-15-16-28-40(39)46(42)36-24-12-8-20-32(36)4;3*1-7-5-3-2-4-6-7/h5-28H,1-4H3;3*2-6H,1H3. The second-order valence-electron chi connectivity index (χ2n) is 17.1. The van der Waals surface area contributed by atoms with Gasteiger partial charge in [0.2, 0.25) is 0 Å². The van der Waals surface area contributed by atoms with E-state index in [2.05, 4.69) is 250 Å². The van der Waals surface area contributed by atoms with Crippen LogP contribution in [0.4, 0.5) is 45.5 Å². The zero-order valence-electron chi connectivity index (χ0n) is 39.8. The first-order valence-corrected chi connectivity index (χ1v) is 23.1. The average molecular weight is 873 g/mol. The summed E-state index contributed by atoms with van der Waals surface area (Å²) in [7, 11) is 0. The highest BCUT2D eigenvalue weighted by molar-refractivity contribution is 6.01. The van der Waals surface area contributed by atoms with Crippen LogP contribution in [0.25, 0.3) is 0 Å². The summed E-state index contributed by atoms with van der Waals surface area (Å²) in [5.41, 5.74) is 18.0. The maximum Gasteiger partial charge on any atom is 0.166 e. The topological polar surface area (TPSA) is 13.0 Å². The third kappa shape index (κ3) is 10.1. The molecule has 9 aromatic carbocycles. The van der Waals surface area contributed by atoms with Gasteiger partial charge >= 0.3 is 0 Å². The predicted octanol–water partition coefficient (Wildman–Crippen LogP) is 17.3. The van der Waals surface area contributed by atoms with Crippen LogP contribution in [-0.2, 0) is 0 Å². The lowest BCUT2D eigenvalue weighted by atomic mass is 10.1. The number of rotatable bonds is 4. The smallest absolute Gasteiger partial charge is 0.166 e. The third-order valence-corrected chi connectivity index (χ3v) is 12.0. The van der Waals surface area contributed by atoms with Gasteiger partial charge in [0.15, 0.2) is 11.6 Å². The molecule has 332 valence electrons. The first-order chi connectivity index (χ1) is 32.7. The number of benzene rings is 9. The largest absolute Gasteiger partial charge is 0.291 e. The van der Waals surface area contributed by atoms with Gasteiger partial charge in [0.25, 0.3) is 0 Å². The molecular weight excluding hydrogens is 813 g/mol. The van der Waals surface area contributed by atoms with Crippen molar-refractivity contribution in [1.82, 2.24) is 0 Å². The van der Waals surface area contributed by atoms with Crippen LogP contribution in [0.3, 0.4) is 0 Å². The molecule has 0 saturated carbocycles. The Kier molecular flexibility index (Phi) is 14.4. The maximum absolute atomic E-state index is 2.47. The summed E-state index contributed by atoms with van der Waals surface area (Å²) < 4.78 is 0. The van der Waals surface area contributed by atoms with Crippen LogP contribution in [-0.4, -0.2) is 0 Å². The van der Waals surface area contributed by atoms with Crippen LogP contribution in [0.15, 0.2) is 248 Å². The Morgan fingerprint density at radius 2 is 0.343 bits per heavy atom. The molecule has 0 atom stereocenters. The lowest BCUT2D eigenvalue weighted by Gasteiger charge is -2.35. The number of nitrogens with zero attached hydrogens (tertiary/aromatic N) is 4. The van der Waals surface area contributed by atoms with E-state index in [1.807, 2.05) is 54.6 Å². The van der Waals surface area contributed by atoms with Crippen LogP contribution >= 0.6 is 0 Å². The molecule has 0 bridgehead atoms. The van der Waals surface area contributed by atoms with Gasteiger partial charge < -0.3 is 0 Å². The van der Waals surface area contributed by atoms with Gasteiger partial charge in [-0.25, -0.2) is 0 Å².